The Bertz CT molecular complexity index is 525. The third-order valence-electron chi connectivity index (χ3n) is 2.44. The topological polar surface area (TPSA) is 125 Å². The average Bonchev–Trinajstić information content (AvgIpc) is 2.35. The average molecular weight is 278 g/mol. The highest BCUT2D eigenvalue weighted by Gasteiger charge is 2.22. The van der Waals surface area contributed by atoms with E-state index in [9.17, 15) is 19.1 Å². The molecule has 0 spiro atoms. The predicted molar refractivity (Wildman–Crippen MR) is 61.0 cm³/mol. The molecule has 9 heteroatoms. The molecular formula is C10H15FN2O6. The standard InChI is InChI=1S/C10H15FN2O6/c1-5(16)7(3-14)19-8(4-15)13-2-6(11)9(17)12-10(13)18/h2,5,7-8,14-16H,3-4H2,1H3,(H,12,17,18)/t5-,7+,8+/m0/s1. The molecule has 4 N–H and O–H groups in total. The predicted octanol–water partition coefficient (Wildman–Crippen LogP) is -2.08. The summed E-state index contributed by atoms with van der Waals surface area (Å²) in [6.45, 7) is 0.0644. The van der Waals surface area contributed by atoms with Crippen molar-refractivity contribution >= 4 is 0 Å². The van der Waals surface area contributed by atoms with E-state index in [1.54, 1.807) is 4.98 Å². The molecule has 1 rings (SSSR count). The van der Waals surface area contributed by atoms with Crippen LogP contribution in [0.15, 0.2) is 15.8 Å². The Kier molecular flexibility index (Phi) is 5.36. The third kappa shape index (κ3) is 3.70. The Hall–Kier alpha value is -1.55. The minimum absolute atomic E-state index is 0.561. The second-order valence-electron chi connectivity index (χ2n) is 3.88. The molecular weight excluding hydrogens is 263 g/mol. The zero-order chi connectivity index (χ0) is 14.6. The minimum Gasteiger partial charge on any atom is -0.394 e. The van der Waals surface area contributed by atoms with Gasteiger partial charge in [0.15, 0.2) is 6.23 Å². The Morgan fingerprint density at radius 3 is 2.53 bits per heavy atom. The van der Waals surface area contributed by atoms with Crippen LogP contribution in [0.25, 0.3) is 0 Å². The lowest BCUT2D eigenvalue weighted by molar-refractivity contribution is -0.134. The summed E-state index contributed by atoms with van der Waals surface area (Å²) >= 11 is 0. The van der Waals surface area contributed by atoms with Gasteiger partial charge in [-0.25, -0.2) is 4.79 Å². The van der Waals surface area contributed by atoms with Crippen LogP contribution in [0, 0.1) is 5.82 Å². The van der Waals surface area contributed by atoms with Crippen LogP contribution in [0.3, 0.4) is 0 Å². The van der Waals surface area contributed by atoms with Gasteiger partial charge in [-0.05, 0) is 6.92 Å². The number of hydrogen-bond acceptors (Lipinski definition) is 6. The lowest BCUT2D eigenvalue weighted by Gasteiger charge is -2.25. The summed E-state index contributed by atoms with van der Waals surface area (Å²) in [6, 6.07) is 0. The minimum atomic E-state index is -1.34. The maximum absolute atomic E-state index is 13.1. The van der Waals surface area contributed by atoms with Crippen LogP contribution < -0.4 is 11.2 Å². The van der Waals surface area contributed by atoms with Gasteiger partial charge < -0.3 is 20.1 Å². The van der Waals surface area contributed by atoms with Gasteiger partial charge in [-0.1, -0.05) is 0 Å². The molecule has 0 aliphatic heterocycles. The number of H-pyrrole nitrogens is 1. The van der Waals surface area contributed by atoms with Gasteiger partial charge in [-0.3, -0.25) is 14.3 Å². The molecule has 3 atom stereocenters. The van der Waals surface area contributed by atoms with Crippen molar-refractivity contribution in [2.75, 3.05) is 13.2 Å². The number of aromatic nitrogens is 2. The largest absolute Gasteiger partial charge is 0.394 e. The summed E-state index contributed by atoms with van der Waals surface area (Å²) in [4.78, 5) is 24.0. The van der Waals surface area contributed by atoms with Crippen LogP contribution in [-0.2, 0) is 4.74 Å². The summed E-state index contributed by atoms with van der Waals surface area (Å²) in [7, 11) is 0. The molecule has 0 aromatic carbocycles. The highest BCUT2D eigenvalue weighted by atomic mass is 19.1. The SMILES string of the molecule is C[C@H](O)[C@@H](CO)O[C@H](CO)n1cc(F)c(=O)[nH]c1=O. The zero-order valence-corrected chi connectivity index (χ0v) is 10.1. The van der Waals surface area contributed by atoms with Crippen molar-refractivity contribution < 1.29 is 24.4 Å². The van der Waals surface area contributed by atoms with E-state index in [4.69, 9.17) is 14.9 Å². The number of halogens is 1. The molecule has 108 valence electrons. The maximum Gasteiger partial charge on any atom is 0.330 e. The van der Waals surface area contributed by atoms with Gasteiger partial charge in [0.2, 0.25) is 5.82 Å². The van der Waals surface area contributed by atoms with Crippen LogP contribution in [-0.4, -0.2) is 50.3 Å². The van der Waals surface area contributed by atoms with E-state index in [1.807, 2.05) is 0 Å². The van der Waals surface area contributed by atoms with E-state index < -0.39 is 48.7 Å². The molecule has 1 heterocycles. The number of ether oxygens (including phenoxy) is 1. The van der Waals surface area contributed by atoms with Crippen molar-refractivity contribution in [1.29, 1.82) is 0 Å². The molecule has 0 saturated carbocycles. The number of nitrogens with zero attached hydrogens (tertiary/aromatic N) is 1. The van der Waals surface area contributed by atoms with Crippen LogP contribution in [0.2, 0.25) is 0 Å². The summed E-state index contributed by atoms with van der Waals surface area (Å²) in [6.07, 6.45) is -2.90. The molecule has 0 radical (unpaired) electrons. The van der Waals surface area contributed by atoms with Crippen LogP contribution in [0.5, 0.6) is 0 Å². The fraction of sp³-hybridized carbons (Fsp3) is 0.600. The smallest absolute Gasteiger partial charge is 0.330 e. The molecule has 0 aliphatic rings. The first kappa shape index (κ1) is 15.5. The van der Waals surface area contributed by atoms with Crippen LogP contribution in [0.1, 0.15) is 13.2 Å². The van der Waals surface area contributed by atoms with Gasteiger partial charge in [0.25, 0.3) is 5.56 Å². The van der Waals surface area contributed by atoms with Gasteiger partial charge in [0.05, 0.1) is 25.5 Å². The van der Waals surface area contributed by atoms with Crippen molar-refractivity contribution in [2.24, 2.45) is 0 Å². The summed E-state index contributed by atoms with van der Waals surface area (Å²) in [5, 5.41) is 27.4. The lowest BCUT2D eigenvalue weighted by atomic mass is 10.2. The van der Waals surface area contributed by atoms with E-state index >= 15 is 0 Å². The van der Waals surface area contributed by atoms with Gasteiger partial charge in [-0.15, -0.1) is 0 Å². The fourth-order valence-corrected chi connectivity index (χ4v) is 1.38. The quantitative estimate of drug-likeness (QED) is 0.473. The summed E-state index contributed by atoms with van der Waals surface area (Å²) in [5.41, 5.74) is -2.17. The molecule has 0 aliphatic carbocycles. The normalized spacial score (nSPS) is 16.1. The van der Waals surface area contributed by atoms with Crippen molar-refractivity contribution in [2.45, 2.75) is 25.4 Å². The Balaban J connectivity index is 3.07. The number of hydrogen-bond donors (Lipinski definition) is 4. The Morgan fingerprint density at radius 1 is 1.42 bits per heavy atom. The molecule has 0 bridgehead atoms. The van der Waals surface area contributed by atoms with Crippen molar-refractivity contribution in [3.05, 3.63) is 32.9 Å². The van der Waals surface area contributed by atoms with Gasteiger partial charge >= 0.3 is 5.69 Å². The number of rotatable bonds is 6. The zero-order valence-electron chi connectivity index (χ0n) is 10.1. The fourth-order valence-electron chi connectivity index (χ4n) is 1.38. The van der Waals surface area contributed by atoms with Gasteiger partial charge in [0.1, 0.15) is 6.10 Å². The molecule has 0 unspecified atom stereocenters. The molecule has 0 amide bonds. The van der Waals surface area contributed by atoms with Gasteiger partial charge in [-0.2, -0.15) is 4.39 Å². The Morgan fingerprint density at radius 2 is 2.05 bits per heavy atom. The number of nitrogens with one attached hydrogen (secondary N) is 1. The van der Waals surface area contributed by atoms with Gasteiger partial charge in [0, 0.05) is 0 Å². The molecule has 19 heavy (non-hydrogen) atoms. The second-order valence-corrected chi connectivity index (χ2v) is 3.88. The molecule has 1 aromatic rings. The molecule has 0 saturated heterocycles. The highest BCUT2D eigenvalue weighted by molar-refractivity contribution is 4.88. The molecule has 1 aromatic heterocycles. The van der Waals surface area contributed by atoms with Crippen LogP contribution in [0.4, 0.5) is 4.39 Å². The first-order valence-corrected chi connectivity index (χ1v) is 5.47. The van der Waals surface area contributed by atoms with Crippen molar-refractivity contribution in [1.82, 2.24) is 9.55 Å². The maximum atomic E-state index is 13.1. The first-order chi connectivity index (χ1) is 8.90. The number of aromatic amines is 1. The lowest BCUT2D eigenvalue weighted by Crippen LogP contribution is -2.40. The first-order valence-electron chi connectivity index (χ1n) is 5.47. The van der Waals surface area contributed by atoms with E-state index in [0.29, 0.717) is 10.8 Å². The van der Waals surface area contributed by atoms with E-state index in [0.717, 1.165) is 0 Å². The Labute approximate surface area is 106 Å². The van der Waals surface area contributed by atoms with Crippen LogP contribution >= 0.6 is 0 Å². The summed E-state index contributed by atoms with van der Waals surface area (Å²) in [5.74, 6) is -1.22. The van der Waals surface area contributed by atoms with E-state index in [1.165, 1.54) is 6.92 Å². The van der Waals surface area contributed by atoms with Crippen molar-refractivity contribution in [3.8, 4) is 0 Å². The second kappa shape index (κ2) is 6.57. The molecule has 0 fully saturated rings. The number of aliphatic hydroxyl groups is 3. The van der Waals surface area contributed by atoms with E-state index in [2.05, 4.69) is 0 Å². The van der Waals surface area contributed by atoms with Crippen molar-refractivity contribution in [3.63, 3.8) is 0 Å². The summed E-state index contributed by atoms with van der Waals surface area (Å²) < 4.78 is 18.8. The number of aliphatic hydroxyl groups excluding tert-OH is 3. The monoisotopic (exact) mass is 278 g/mol. The van der Waals surface area contributed by atoms with E-state index in [-0.39, 0.29) is 0 Å². The highest BCUT2D eigenvalue weighted by Crippen LogP contribution is 2.11. The third-order valence-corrected chi connectivity index (χ3v) is 2.44. The molecule has 8 nitrogen and oxygen atoms in total.